The van der Waals surface area contributed by atoms with Gasteiger partial charge in [0, 0.05) is 6.20 Å². The van der Waals surface area contributed by atoms with Crippen molar-refractivity contribution in [3.8, 4) is 0 Å². The van der Waals surface area contributed by atoms with Crippen LogP contribution < -0.4 is 5.32 Å². The van der Waals surface area contributed by atoms with Crippen LogP contribution in [0.15, 0.2) is 18.3 Å². The van der Waals surface area contributed by atoms with Crippen molar-refractivity contribution in [2.24, 2.45) is 5.92 Å². The Morgan fingerprint density at radius 3 is 2.79 bits per heavy atom. The van der Waals surface area contributed by atoms with E-state index in [1.54, 1.807) is 0 Å². The third-order valence-electron chi connectivity index (χ3n) is 2.08. The minimum atomic E-state index is -0.397. The second-order valence-corrected chi connectivity index (χ2v) is 3.51. The first kappa shape index (κ1) is 10.9. The predicted octanol–water partition coefficient (Wildman–Crippen LogP) is 1.65. The monoisotopic (exact) mass is 198 g/mol. The number of aliphatic hydroxyl groups is 1. The Morgan fingerprint density at radius 2 is 2.29 bits per heavy atom. The normalized spacial score (nSPS) is 12.9. The molecule has 0 saturated carbocycles. The minimum Gasteiger partial charge on any atom is -0.394 e. The molecule has 1 aromatic heterocycles. The first-order valence-electron chi connectivity index (χ1n) is 4.63. The second-order valence-electron chi connectivity index (χ2n) is 3.51. The zero-order valence-electron chi connectivity index (χ0n) is 8.37. The molecule has 0 radical (unpaired) electrons. The summed E-state index contributed by atoms with van der Waals surface area (Å²) in [5.74, 6) is 0.0215. The van der Waals surface area contributed by atoms with E-state index in [4.69, 9.17) is 5.11 Å². The highest BCUT2D eigenvalue weighted by atomic mass is 19.1. The van der Waals surface area contributed by atoms with E-state index in [1.807, 2.05) is 13.8 Å². The highest BCUT2D eigenvalue weighted by molar-refractivity contribution is 5.36. The van der Waals surface area contributed by atoms with Crippen LogP contribution in [0.4, 0.5) is 10.2 Å². The molecule has 1 aromatic rings. The number of anilines is 1. The number of nitrogens with zero attached hydrogens (tertiary/aromatic N) is 1. The molecule has 3 nitrogen and oxygen atoms in total. The lowest BCUT2D eigenvalue weighted by Crippen LogP contribution is -2.30. The van der Waals surface area contributed by atoms with Crippen LogP contribution in [0.1, 0.15) is 13.8 Å². The molecule has 4 heteroatoms. The van der Waals surface area contributed by atoms with Crippen molar-refractivity contribution in [2.45, 2.75) is 19.9 Å². The molecule has 78 valence electrons. The summed E-state index contributed by atoms with van der Waals surface area (Å²) in [6.45, 7) is 3.87. The van der Waals surface area contributed by atoms with E-state index in [0.29, 0.717) is 0 Å². The van der Waals surface area contributed by atoms with Crippen LogP contribution in [0.25, 0.3) is 0 Å². The number of aromatic nitrogens is 1. The highest BCUT2D eigenvalue weighted by Crippen LogP contribution is 2.13. The third-order valence-corrected chi connectivity index (χ3v) is 2.08. The first-order chi connectivity index (χ1) is 6.65. The molecule has 1 heterocycles. The van der Waals surface area contributed by atoms with Crippen molar-refractivity contribution in [3.63, 3.8) is 0 Å². The summed E-state index contributed by atoms with van der Waals surface area (Å²) in [5.41, 5.74) is 0. The molecule has 0 aliphatic rings. The molecule has 0 aliphatic carbocycles. The van der Waals surface area contributed by atoms with Gasteiger partial charge in [-0.05, 0) is 18.1 Å². The van der Waals surface area contributed by atoms with Crippen LogP contribution in [-0.2, 0) is 0 Å². The number of hydrogen-bond acceptors (Lipinski definition) is 3. The lowest BCUT2D eigenvalue weighted by Gasteiger charge is -2.20. The molecule has 0 unspecified atom stereocenters. The Hall–Kier alpha value is -1.16. The largest absolute Gasteiger partial charge is 0.394 e. The van der Waals surface area contributed by atoms with E-state index in [2.05, 4.69) is 10.3 Å². The van der Waals surface area contributed by atoms with Gasteiger partial charge in [-0.25, -0.2) is 9.37 Å². The molecule has 0 fully saturated rings. The number of pyridine rings is 1. The summed E-state index contributed by atoms with van der Waals surface area (Å²) in [4.78, 5) is 3.85. The summed E-state index contributed by atoms with van der Waals surface area (Å²) in [5, 5.41) is 11.9. The standard InChI is InChI=1S/C10H15FN2O/c1-7(2)9(6-14)13-10-8(11)4-3-5-12-10/h3-5,7,9,14H,6H2,1-2H3,(H,12,13)/t9-/m1/s1. The van der Waals surface area contributed by atoms with Crippen LogP contribution in [0, 0.1) is 11.7 Å². The van der Waals surface area contributed by atoms with Crippen molar-refractivity contribution in [3.05, 3.63) is 24.1 Å². The molecule has 1 atom stereocenters. The smallest absolute Gasteiger partial charge is 0.165 e. The zero-order valence-corrected chi connectivity index (χ0v) is 8.37. The minimum absolute atomic E-state index is 0.0340. The summed E-state index contributed by atoms with van der Waals surface area (Å²) < 4.78 is 13.1. The van der Waals surface area contributed by atoms with Crippen molar-refractivity contribution >= 4 is 5.82 Å². The number of nitrogens with one attached hydrogen (secondary N) is 1. The average Bonchev–Trinajstić information content (AvgIpc) is 2.16. The van der Waals surface area contributed by atoms with E-state index in [1.165, 1.54) is 18.3 Å². The van der Waals surface area contributed by atoms with E-state index in [-0.39, 0.29) is 24.4 Å². The fourth-order valence-electron chi connectivity index (χ4n) is 1.09. The Labute approximate surface area is 83.0 Å². The first-order valence-corrected chi connectivity index (χ1v) is 4.63. The molecule has 14 heavy (non-hydrogen) atoms. The lowest BCUT2D eigenvalue weighted by atomic mass is 10.1. The third kappa shape index (κ3) is 2.67. The Kier molecular flexibility index (Phi) is 3.83. The summed E-state index contributed by atoms with van der Waals surface area (Å²) in [6, 6.07) is 2.70. The fraction of sp³-hybridized carbons (Fsp3) is 0.500. The maximum atomic E-state index is 13.1. The Bertz CT molecular complexity index is 291. The summed E-state index contributed by atoms with van der Waals surface area (Å²) in [7, 11) is 0. The molecular weight excluding hydrogens is 183 g/mol. The van der Waals surface area contributed by atoms with Gasteiger partial charge in [0.05, 0.1) is 12.6 Å². The van der Waals surface area contributed by atoms with Gasteiger partial charge in [-0.3, -0.25) is 0 Å². The number of hydrogen-bond donors (Lipinski definition) is 2. The molecular formula is C10H15FN2O. The van der Waals surface area contributed by atoms with Gasteiger partial charge in [-0.1, -0.05) is 13.8 Å². The van der Waals surface area contributed by atoms with Crippen molar-refractivity contribution in [1.29, 1.82) is 0 Å². The van der Waals surface area contributed by atoms with Gasteiger partial charge in [0.2, 0.25) is 0 Å². The number of aliphatic hydroxyl groups excluding tert-OH is 1. The Balaban J connectivity index is 2.72. The van der Waals surface area contributed by atoms with Crippen molar-refractivity contribution in [2.75, 3.05) is 11.9 Å². The molecule has 0 amide bonds. The maximum Gasteiger partial charge on any atom is 0.165 e. The molecule has 0 saturated heterocycles. The van der Waals surface area contributed by atoms with Crippen molar-refractivity contribution in [1.82, 2.24) is 4.98 Å². The van der Waals surface area contributed by atoms with Crippen LogP contribution in [0.2, 0.25) is 0 Å². The van der Waals surface area contributed by atoms with Crippen LogP contribution in [0.3, 0.4) is 0 Å². The van der Waals surface area contributed by atoms with E-state index < -0.39 is 5.82 Å². The van der Waals surface area contributed by atoms with E-state index >= 15 is 0 Å². The van der Waals surface area contributed by atoms with Gasteiger partial charge in [0.15, 0.2) is 11.6 Å². The second kappa shape index (κ2) is 4.91. The average molecular weight is 198 g/mol. The molecule has 0 spiro atoms. The van der Waals surface area contributed by atoms with Gasteiger partial charge in [-0.15, -0.1) is 0 Å². The van der Waals surface area contributed by atoms with Gasteiger partial charge >= 0.3 is 0 Å². The van der Waals surface area contributed by atoms with Crippen molar-refractivity contribution < 1.29 is 9.50 Å². The number of halogens is 1. The molecule has 0 bridgehead atoms. The van der Waals surface area contributed by atoms with Crippen LogP contribution in [0.5, 0.6) is 0 Å². The quantitative estimate of drug-likeness (QED) is 0.773. The Morgan fingerprint density at radius 1 is 1.57 bits per heavy atom. The number of rotatable bonds is 4. The van der Waals surface area contributed by atoms with Crippen LogP contribution in [-0.4, -0.2) is 22.7 Å². The molecule has 2 N–H and O–H groups in total. The van der Waals surface area contributed by atoms with Crippen LogP contribution >= 0.6 is 0 Å². The molecule has 0 aromatic carbocycles. The summed E-state index contributed by atoms with van der Waals surface area (Å²) in [6.07, 6.45) is 1.51. The topological polar surface area (TPSA) is 45.1 Å². The van der Waals surface area contributed by atoms with Gasteiger partial charge in [-0.2, -0.15) is 0 Å². The zero-order chi connectivity index (χ0) is 10.6. The summed E-state index contributed by atoms with van der Waals surface area (Å²) >= 11 is 0. The molecule has 1 rings (SSSR count). The van der Waals surface area contributed by atoms with E-state index in [9.17, 15) is 4.39 Å². The predicted molar refractivity (Wildman–Crippen MR) is 53.5 cm³/mol. The fourth-order valence-corrected chi connectivity index (χ4v) is 1.09. The molecule has 0 aliphatic heterocycles. The lowest BCUT2D eigenvalue weighted by molar-refractivity contribution is 0.248. The van der Waals surface area contributed by atoms with E-state index in [0.717, 1.165) is 0 Å². The maximum absolute atomic E-state index is 13.1. The van der Waals surface area contributed by atoms with Gasteiger partial charge < -0.3 is 10.4 Å². The van der Waals surface area contributed by atoms with Gasteiger partial charge in [0.1, 0.15) is 0 Å². The SMILES string of the molecule is CC(C)[C@@H](CO)Nc1ncccc1F. The highest BCUT2D eigenvalue weighted by Gasteiger charge is 2.13. The van der Waals surface area contributed by atoms with Gasteiger partial charge in [0.25, 0.3) is 0 Å².